The number of carboxylic acid groups (broad SMARTS) is 1. The minimum atomic E-state index is -1.08. The number of Topliss-reactive ketones (excluding diaryl/α,β-unsaturated/α-hetero) is 1. The van der Waals surface area contributed by atoms with Crippen LogP contribution in [0.15, 0.2) is 27.6 Å². The van der Waals surface area contributed by atoms with Crippen LogP contribution in [0, 0.1) is 0 Å². The number of carboxylic acids is 1. The summed E-state index contributed by atoms with van der Waals surface area (Å²) in [6.07, 6.45) is 0. The van der Waals surface area contributed by atoms with Gasteiger partial charge in [0.2, 0.25) is 0 Å². The number of benzene rings is 1. The van der Waals surface area contributed by atoms with Gasteiger partial charge in [0.15, 0.2) is 11.0 Å². The van der Waals surface area contributed by atoms with Gasteiger partial charge in [-0.1, -0.05) is 15.9 Å². The molecular weight excluding hydrogens is 268 g/mol. The van der Waals surface area contributed by atoms with E-state index in [0.717, 1.165) is 21.1 Å². The molecule has 1 aliphatic rings. The van der Waals surface area contributed by atoms with Crippen LogP contribution < -0.4 is 0 Å². The predicted octanol–water partition coefficient (Wildman–Crippen LogP) is 2.19. The van der Waals surface area contributed by atoms with Crippen molar-refractivity contribution in [1.29, 1.82) is 0 Å². The fourth-order valence-electron chi connectivity index (χ4n) is 1.28. The second-order valence-corrected chi connectivity index (χ2v) is 4.90. The summed E-state index contributed by atoms with van der Waals surface area (Å²) >= 11 is 4.36. The van der Waals surface area contributed by atoms with Crippen LogP contribution in [0.3, 0.4) is 0 Å². The normalized spacial score (nSPS) is 19.5. The molecular formula is C9H5BrO3S. The van der Waals surface area contributed by atoms with E-state index in [1.807, 2.05) is 0 Å². The summed E-state index contributed by atoms with van der Waals surface area (Å²) in [4.78, 5) is 23.0. The van der Waals surface area contributed by atoms with Gasteiger partial charge in [-0.3, -0.25) is 9.59 Å². The first-order valence-electron chi connectivity index (χ1n) is 3.83. The van der Waals surface area contributed by atoms with Gasteiger partial charge in [-0.2, -0.15) is 0 Å². The summed E-state index contributed by atoms with van der Waals surface area (Å²) in [7, 11) is 0. The fourth-order valence-corrected chi connectivity index (χ4v) is 2.87. The highest BCUT2D eigenvalue weighted by Gasteiger charge is 2.36. The van der Waals surface area contributed by atoms with Crippen molar-refractivity contribution in [3.05, 3.63) is 28.2 Å². The van der Waals surface area contributed by atoms with E-state index in [4.69, 9.17) is 5.11 Å². The zero-order valence-electron chi connectivity index (χ0n) is 6.86. The maximum atomic E-state index is 11.5. The number of halogens is 1. The Balaban J connectivity index is 2.45. The van der Waals surface area contributed by atoms with E-state index in [1.54, 1.807) is 18.2 Å². The highest BCUT2D eigenvalue weighted by molar-refractivity contribution is 9.10. The molecule has 0 amide bonds. The van der Waals surface area contributed by atoms with Gasteiger partial charge >= 0.3 is 5.97 Å². The third-order valence-electron chi connectivity index (χ3n) is 1.92. The zero-order valence-corrected chi connectivity index (χ0v) is 9.26. The number of hydrogen-bond acceptors (Lipinski definition) is 3. The van der Waals surface area contributed by atoms with Gasteiger partial charge in [-0.25, -0.2) is 0 Å². The van der Waals surface area contributed by atoms with Gasteiger partial charge in [0.25, 0.3) is 0 Å². The van der Waals surface area contributed by atoms with E-state index in [0.29, 0.717) is 5.56 Å². The third-order valence-corrected chi connectivity index (χ3v) is 3.65. The Hall–Kier alpha value is -0.810. The van der Waals surface area contributed by atoms with Gasteiger partial charge in [-0.05, 0) is 18.2 Å². The van der Waals surface area contributed by atoms with Crippen molar-refractivity contribution in [2.24, 2.45) is 0 Å². The van der Waals surface area contributed by atoms with Crippen molar-refractivity contribution in [3.63, 3.8) is 0 Å². The van der Waals surface area contributed by atoms with E-state index >= 15 is 0 Å². The van der Waals surface area contributed by atoms with E-state index in [9.17, 15) is 9.59 Å². The van der Waals surface area contributed by atoms with Crippen LogP contribution in [0.4, 0.5) is 0 Å². The Morgan fingerprint density at radius 2 is 2.21 bits per heavy atom. The summed E-state index contributed by atoms with van der Waals surface area (Å²) in [6.45, 7) is 0. The molecule has 0 bridgehead atoms. The quantitative estimate of drug-likeness (QED) is 0.797. The predicted molar refractivity (Wildman–Crippen MR) is 55.8 cm³/mol. The molecule has 0 spiro atoms. The van der Waals surface area contributed by atoms with E-state index in [1.165, 1.54) is 0 Å². The van der Waals surface area contributed by atoms with Crippen LogP contribution in [0.2, 0.25) is 0 Å². The van der Waals surface area contributed by atoms with Gasteiger partial charge < -0.3 is 5.11 Å². The van der Waals surface area contributed by atoms with Gasteiger partial charge in [0, 0.05) is 14.9 Å². The molecule has 72 valence electrons. The Morgan fingerprint density at radius 3 is 2.86 bits per heavy atom. The van der Waals surface area contributed by atoms with Crippen LogP contribution in [0.5, 0.6) is 0 Å². The van der Waals surface area contributed by atoms with Crippen LogP contribution in [-0.2, 0) is 4.79 Å². The highest BCUT2D eigenvalue weighted by Crippen LogP contribution is 2.38. The summed E-state index contributed by atoms with van der Waals surface area (Å²) in [5.74, 6) is -1.39. The smallest absolute Gasteiger partial charge is 0.325 e. The van der Waals surface area contributed by atoms with Crippen LogP contribution in [0.25, 0.3) is 0 Å². The van der Waals surface area contributed by atoms with Crippen LogP contribution >= 0.6 is 27.7 Å². The molecule has 14 heavy (non-hydrogen) atoms. The topological polar surface area (TPSA) is 54.4 Å². The third kappa shape index (κ3) is 1.46. The molecule has 0 saturated heterocycles. The van der Waals surface area contributed by atoms with Crippen molar-refractivity contribution in [1.82, 2.24) is 0 Å². The summed E-state index contributed by atoms with van der Waals surface area (Å²) in [5, 5.41) is 7.80. The molecule has 5 heteroatoms. The van der Waals surface area contributed by atoms with Crippen LogP contribution in [0.1, 0.15) is 10.4 Å². The average Bonchev–Trinajstić information content (AvgIpc) is 2.43. The van der Waals surface area contributed by atoms with Crippen molar-refractivity contribution in [3.8, 4) is 0 Å². The largest absolute Gasteiger partial charge is 0.480 e. The summed E-state index contributed by atoms with van der Waals surface area (Å²) in [5.41, 5.74) is 0.505. The Labute approximate surface area is 92.6 Å². The van der Waals surface area contributed by atoms with Gasteiger partial charge in [0.05, 0.1) is 0 Å². The Bertz CT molecular complexity index is 430. The molecule has 1 heterocycles. The van der Waals surface area contributed by atoms with Gasteiger partial charge in [0.1, 0.15) is 0 Å². The lowest BCUT2D eigenvalue weighted by Gasteiger charge is -1.97. The summed E-state index contributed by atoms with van der Waals surface area (Å²) < 4.78 is 0.850. The standard InChI is InChI=1S/C9H5BrO3S/c10-4-1-2-5-6(3-4)14-8(7(5)11)9(12)13/h1-3,8H,(H,12,13). The number of ketones is 1. The lowest BCUT2D eigenvalue weighted by molar-refractivity contribution is -0.135. The number of fused-ring (bicyclic) bond motifs is 1. The molecule has 1 aromatic rings. The Morgan fingerprint density at radius 1 is 1.50 bits per heavy atom. The van der Waals surface area contributed by atoms with Crippen molar-refractivity contribution in [2.45, 2.75) is 10.1 Å². The molecule has 0 saturated carbocycles. The monoisotopic (exact) mass is 272 g/mol. The molecule has 0 aliphatic carbocycles. The lowest BCUT2D eigenvalue weighted by atomic mass is 10.1. The molecule has 1 N–H and O–H groups in total. The number of hydrogen-bond donors (Lipinski definition) is 1. The minimum Gasteiger partial charge on any atom is -0.480 e. The first kappa shape index (κ1) is 9.73. The zero-order chi connectivity index (χ0) is 10.3. The Kier molecular flexibility index (Phi) is 2.36. The average molecular weight is 273 g/mol. The van der Waals surface area contributed by atoms with Crippen molar-refractivity contribution in [2.75, 3.05) is 0 Å². The maximum Gasteiger partial charge on any atom is 0.325 e. The number of aliphatic carboxylic acids is 1. The van der Waals surface area contributed by atoms with Crippen molar-refractivity contribution < 1.29 is 14.7 Å². The molecule has 0 aromatic heterocycles. The first-order chi connectivity index (χ1) is 6.59. The number of rotatable bonds is 1. The summed E-state index contributed by atoms with van der Waals surface area (Å²) in [6, 6.07) is 5.15. The molecule has 1 aromatic carbocycles. The second kappa shape index (κ2) is 3.40. The minimum absolute atomic E-state index is 0.315. The molecule has 0 fully saturated rings. The second-order valence-electron chi connectivity index (χ2n) is 2.84. The van der Waals surface area contributed by atoms with E-state index < -0.39 is 11.2 Å². The first-order valence-corrected chi connectivity index (χ1v) is 5.50. The molecule has 2 rings (SSSR count). The lowest BCUT2D eigenvalue weighted by Crippen LogP contribution is -2.22. The highest BCUT2D eigenvalue weighted by atomic mass is 79.9. The fraction of sp³-hybridized carbons (Fsp3) is 0.111. The van der Waals surface area contributed by atoms with E-state index in [-0.39, 0.29) is 5.78 Å². The maximum absolute atomic E-state index is 11.5. The number of thioether (sulfide) groups is 1. The molecule has 1 aliphatic heterocycles. The molecule has 1 unspecified atom stereocenters. The van der Waals surface area contributed by atoms with Crippen molar-refractivity contribution >= 4 is 39.4 Å². The molecule has 3 nitrogen and oxygen atoms in total. The SMILES string of the molecule is O=C(O)C1Sc2cc(Br)ccc2C1=O. The van der Waals surface area contributed by atoms with Crippen LogP contribution in [-0.4, -0.2) is 22.1 Å². The van der Waals surface area contributed by atoms with Gasteiger partial charge in [-0.15, -0.1) is 11.8 Å². The van der Waals surface area contributed by atoms with E-state index in [2.05, 4.69) is 15.9 Å². The molecule has 0 radical (unpaired) electrons. The number of carbonyl (C=O) groups excluding carboxylic acids is 1. The molecule has 1 atom stereocenters. The number of carbonyl (C=O) groups is 2.